The maximum absolute atomic E-state index is 13.4. The quantitative estimate of drug-likeness (QED) is 0.242. The van der Waals surface area contributed by atoms with Crippen molar-refractivity contribution in [3.63, 3.8) is 0 Å². The van der Waals surface area contributed by atoms with Crippen LogP contribution in [0.15, 0.2) is 60.7 Å². The molecule has 0 radical (unpaired) electrons. The van der Waals surface area contributed by atoms with Crippen LogP contribution < -0.4 is 9.64 Å². The van der Waals surface area contributed by atoms with Crippen molar-refractivity contribution in [3.8, 4) is 5.75 Å². The summed E-state index contributed by atoms with van der Waals surface area (Å²) in [6.45, 7) is 9.72. The molecule has 2 aromatic carbocycles. The van der Waals surface area contributed by atoms with Crippen LogP contribution in [0.2, 0.25) is 0 Å². The molecule has 0 bridgehead atoms. The molecule has 0 unspecified atom stereocenters. The summed E-state index contributed by atoms with van der Waals surface area (Å²) >= 11 is 0. The lowest BCUT2D eigenvalue weighted by Gasteiger charge is -2.31. The molecule has 2 heterocycles. The number of ketones is 1. The van der Waals surface area contributed by atoms with Crippen molar-refractivity contribution in [2.24, 2.45) is 0 Å². The zero-order chi connectivity index (χ0) is 26.5. The Hall–Kier alpha value is -3.62. The van der Waals surface area contributed by atoms with Crippen LogP contribution in [0.25, 0.3) is 5.76 Å². The number of anilines is 1. The Labute approximate surface area is 218 Å². The molecule has 1 N–H and O–H groups in total. The smallest absolute Gasteiger partial charge is 0.295 e. The highest BCUT2D eigenvalue weighted by atomic mass is 16.5. The van der Waals surface area contributed by atoms with Crippen LogP contribution in [0, 0.1) is 6.92 Å². The largest absolute Gasteiger partial charge is 0.507 e. The molecule has 0 saturated carbocycles. The van der Waals surface area contributed by atoms with Crippen LogP contribution in [-0.4, -0.2) is 86.7 Å². The van der Waals surface area contributed by atoms with Crippen LogP contribution >= 0.6 is 0 Å². The lowest BCUT2D eigenvalue weighted by atomic mass is 9.93. The number of carbonyl (C=O) groups excluding carboxylic acids is 2. The minimum Gasteiger partial charge on any atom is -0.507 e. The molecule has 1 atom stereocenters. The molecule has 8 nitrogen and oxygen atoms in total. The average molecular weight is 506 g/mol. The fourth-order valence-electron chi connectivity index (χ4n) is 4.78. The number of carbonyl (C=O) groups is 2. The number of aliphatic hydroxyl groups excluding tert-OH is 1. The Morgan fingerprint density at radius 2 is 1.84 bits per heavy atom. The minimum absolute atomic E-state index is 0.104. The molecule has 0 aliphatic carbocycles. The molecular formula is C29H35N3O5. The summed E-state index contributed by atoms with van der Waals surface area (Å²) in [5, 5.41) is 11.5. The standard InChI is InChI=1S/C29H35N3O5/c1-5-16-37-23-10-11-24(20(2)19-23)27(33)25-26(21-6-8-22(9-7-21)30(3)4)32(29(35)28(25)34)13-12-31-14-17-36-18-15-31/h5-11,19,26,33H,1,12-18H2,2-4H3/t26-/m1/s1. The van der Waals surface area contributed by atoms with E-state index in [0.717, 1.165) is 29.9 Å². The van der Waals surface area contributed by atoms with Gasteiger partial charge in [-0.25, -0.2) is 0 Å². The number of hydrogen-bond donors (Lipinski definition) is 1. The van der Waals surface area contributed by atoms with Gasteiger partial charge in [0, 0.05) is 51.5 Å². The lowest BCUT2D eigenvalue weighted by Crippen LogP contribution is -2.42. The van der Waals surface area contributed by atoms with Crippen LogP contribution in [0.1, 0.15) is 22.7 Å². The molecule has 0 spiro atoms. The molecule has 37 heavy (non-hydrogen) atoms. The number of aryl methyl sites for hydroxylation is 1. The highest BCUT2D eigenvalue weighted by Gasteiger charge is 2.46. The number of amides is 1. The average Bonchev–Trinajstić information content (AvgIpc) is 3.16. The van der Waals surface area contributed by atoms with Gasteiger partial charge in [0.2, 0.25) is 0 Å². The number of likely N-dealkylation sites (tertiary alicyclic amines) is 1. The van der Waals surface area contributed by atoms with E-state index in [9.17, 15) is 14.7 Å². The molecular weight excluding hydrogens is 470 g/mol. The third-order valence-electron chi connectivity index (χ3n) is 6.85. The number of Topliss-reactive ketones (excluding diaryl/α,β-unsaturated/α-hetero) is 1. The van der Waals surface area contributed by atoms with Crippen LogP contribution in [-0.2, 0) is 14.3 Å². The first kappa shape index (κ1) is 26.4. The normalized spacial score (nSPS) is 19.8. The summed E-state index contributed by atoms with van der Waals surface area (Å²) in [7, 11) is 3.91. The van der Waals surface area contributed by atoms with Gasteiger partial charge in [0.15, 0.2) is 0 Å². The van der Waals surface area contributed by atoms with Gasteiger partial charge in [0.1, 0.15) is 18.1 Å². The second-order valence-corrected chi connectivity index (χ2v) is 9.51. The fourth-order valence-corrected chi connectivity index (χ4v) is 4.78. The van der Waals surface area contributed by atoms with E-state index in [2.05, 4.69) is 11.5 Å². The Morgan fingerprint density at radius 3 is 2.46 bits per heavy atom. The van der Waals surface area contributed by atoms with E-state index in [4.69, 9.17) is 9.47 Å². The van der Waals surface area contributed by atoms with E-state index in [1.165, 1.54) is 0 Å². The Kier molecular flexibility index (Phi) is 8.31. The Bertz CT molecular complexity index is 1180. The molecule has 4 rings (SSSR count). The van der Waals surface area contributed by atoms with E-state index in [1.807, 2.05) is 50.2 Å². The predicted octanol–water partition coefficient (Wildman–Crippen LogP) is 3.38. The van der Waals surface area contributed by atoms with Gasteiger partial charge < -0.3 is 24.4 Å². The molecule has 2 aliphatic heterocycles. The van der Waals surface area contributed by atoms with E-state index >= 15 is 0 Å². The molecule has 196 valence electrons. The van der Waals surface area contributed by atoms with E-state index < -0.39 is 17.7 Å². The molecule has 2 saturated heterocycles. The van der Waals surface area contributed by atoms with Crippen molar-refractivity contribution in [2.75, 3.05) is 65.0 Å². The number of aliphatic hydroxyl groups is 1. The number of ether oxygens (including phenoxy) is 2. The lowest BCUT2D eigenvalue weighted by molar-refractivity contribution is -0.140. The topological polar surface area (TPSA) is 82.5 Å². The fraction of sp³-hybridized carbons (Fsp3) is 0.379. The molecule has 8 heteroatoms. The van der Waals surface area contributed by atoms with Crippen molar-refractivity contribution < 1.29 is 24.2 Å². The number of nitrogens with zero attached hydrogens (tertiary/aromatic N) is 3. The molecule has 1 amide bonds. The van der Waals surface area contributed by atoms with Gasteiger partial charge >= 0.3 is 0 Å². The summed E-state index contributed by atoms with van der Waals surface area (Å²) in [5.74, 6) is -0.815. The van der Waals surface area contributed by atoms with Crippen molar-refractivity contribution in [3.05, 3.63) is 77.4 Å². The van der Waals surface area contributed by atoms with Crippen molar-refractivity contribution in [1.82, 2.24) is 9.80 Å². The highest BCUT2D eigenvalue weighted by molar-refractivity contribution is 6.46. The van der Waals surface area contributed by atoms with Gasteiger partial charge in [-0.2, -0.15) is 0 Å². The monoisotopic (exact) mass is 505 g/mol. The number of benzene rings is 2. The molecule has 2 fully saturated rings. The maximum Gasteiger partial charge on any atom is 0.295 e. The first-order valence-electron chi connectivity index (χ1n) is 12.5. The van der Waals surface area contributed by atoms with E-state index in [0.29, 0.717) is 44.2 Å². The second kappa shape index (κ2) is 11.6. The number of morpholine rings is 1. The third kappa shape index (κ3) is 5.70. The van der Waals surface area contributed by atoms with Gasteiger partial charge in [-0.15, -0.1) is 0 Å². The number of rotatable bonds is 9. The Balaban J connectivity index is 1.73. The van der Waals surface area contributed by atoms with E-state index in [-0.39, 0.29) is 11.3 Å². The minimum atomic E-state index is -0.687. The van der Waals surface area contributed by atoms with Crippen LogP contribution in [0.3, 0.4) is 0 Å². The highest BCUT2D eigenvalue weighted by Crippen LogP contribution is 2.40. The van der Waals surface area contributed by atoms with Gasteiger partial charge in [0.05, 0.1) is 24.8 Å². The SMILES string of the molecule is C=CCOc1ccc(C(O)=C2C(=O)C(=O)N(CCN3CCOCC3)[C@@H]2c2ccc(N(C)C)cc2)c(C)c1. The first-order valence-corrected chi connectivity index (χ1v) is 12.5. The zero-order valence-electron chi connectivity index (χ0n) is 21.8. The second-order valence-electron chi connectivity index (χ2n) is 9.51. The summed E-state index contributed by atoms with van der Waals surface area (Å²) < 4.78 is 11.0. The summed E-state index contributed by atoms with van der Waals surface area (Å²) in [4.78, 5) is 32.5. The number of hydrogen-bond acceptors (Lipinski definition) is 7. The van der Waals surface area contributed by atoms with Gasteiger partial charge in [0.25, 0.3) is 11.7 Å². The summed E-state index contributed by atoms with van der Waals surface area (Å²) in [6, 6.07) is 12.3. The van der Waals surface area contributed by atoms with E-state index in [1.54, 1.807) is 29.2 Å². The maximum atomic E-state index is 13.4. The van der Waals surface area contributed by atoms with Crippen molar-refractivity contribution in [1.29, 1.82) is 0 Å². The summed E-state index contributed by atoms with van der Waals surface area (Å²) in [6.07, 6.45) is 1.66. The molecule has 2 aromatic rings. The Morgan fingerprint density at radius 1 is 1.14 bits per heavy atom. The third-order valence-corrected chi connectivity index (χ3v) is 6.85. The van der Waals surface area contributed by atoms with Crippen LogP contribution in [0.4, 0.5) is 5.69 Å². The van der Waals surface area contributed by atoms with Crippen molar-refractivity contribution >= 4 is 23.1 Å². The van der Waals surface area contributed by atoms with Gasteiger partial charge in [-0.1, -0.05) is 24.8 Å². The van der Waals surface area contributed by atoms with Crippen molar-refractivity contribution in [2.45, 2.75) is 13.0 Å². The molecule has 2 aliphatic rings. The van der Waals surface area contributed by atoms with Crippen LogP contribution in [0.5, 0.6) is 5.75 Å². The summed E-state index contributed by atoms with van der Waals surface area (Å²) in [5.41, 5.74) is 3.11. The molecule has 0 aromatic heterocycles. The van der Waals surface area contributed by atoms with Gasteiger partial charge in [-0.05, 0) is 48.4 Å². The predicted molar refractivity (Wildman–Crippen MR) is 144 cm³/mol. The first-order chi connectivity index (χ1) is 17.8. The van der Waals surface area contributed by atoms with Gasteiger partial charge in [-0.3, -0.25) is 14.5 Å². The zero-order valence-corrected chi connectivity index (χ0v) is 21.8.